The van der Waals surface area contributed by atoms with Gasteiger partial charge in [-0.1, -0.05) is 66.2 Å². The molecule has 3 aromatic carbocycles. The summed E-state index contributed by atoms with van der Waals surface area (Å²) in [6, 6.07) is 14.8. The van der Waals surface area contributed by atoms with Crippen LogP contribution in [0.15, 0.2) is 61.2 Å². The van der Waals surface area contributed by atoms with E-state index in [0.717, 1.165) is 66.0 Å². The van der Waals surface area contributed by atoms with Gasteiger partial charge >= 0.3 is 0 Å². The first-order valence-electron chi connectivity index (χ1n) is 14.9. The second-order valence-electron chi connectivity index (χ2n) is 10.9. The van der Waals surface area contributed by atoms with E-state index in [1.165, 1.54) is 0 Å². The largest absolute Gasteiger partial charge is 0.493 e. The van der Waals surface area contributed by atoms with Gasteiger partial charge < -0.3 is 39.7 Å². The molecule has 10 heteroatoms. The van der Waals surface area contributed by atoms with Crippen molar-refractivity contribution < 1.29 is 29.5 Å². The number of likely N-dealkylation sites (tertiary alicyclic amines) is 1. The molecule has 3 aromatic rings. The smallest absolute Gasteiger partial charge is 0.142 e. The number of ether oxygens (including phenoxy) is 3. The van der Waals surface area contributed by atoms with E-state index < -0.39 is 6.04 Å². The van der Waals surface area contributed by atoms with Crippen LogP contribution in [0.5, 0.6) is 17.2 Å². The molecule has 0 amide bonds. The van der Waals surface area contributed by atoms with Crippen LogP contribution in [0.2, 0.25) is 10.0 Å². The van der Waals surface area contributed by atoms with Gasteiger partial charge in [0.1, 0.15) is 30.5 Å². The Hall–Kier alpha value is -2.82. The highest BCUT2D eigenvalue weighted by Crippen LogP contribution is 2.38. The third-order valence-electron chi connectivity index (χ3n) is 7.65. The first-order valence-corrected chi connectivity index (χ1v) is 15.6. The monoisotopic (exact) mass is 644 g/mol. The lowest BCUT2D eigenvalue weighted by molar-refractivity contribution is 0.170. The molecule has 1 atom stereocenters. The second kappa shape index (κ2) is 17.0. The topological polar surface area (TPSA) is 104 Å². The minimum Gasteiger partial charge on any atom is -0.493 e. The Morgan fingerprint density at radius 1 is 1.00 bits per heavy atom. The van der Waals surface area contributed by atoms with Crippen LogP contribution < -0.4 is 19.5 Å². The molecule has 1 aliphatic rings. The van der Waals surface area contributed by atoms with E-state index in [1.54, 1.807) is 18.2 Å². The van der Waals surface area contributed by atoms with Gasteiger partial charge in [0.25, 0.3) is 0 Å². The van der Waals surface area contributed by atoms with Gasteiger partial charge in [0.2, 0.25) is 0 Å². The summed E-state index contributed by atoms with van der Waals surface area (Å²) in [5, 5.41) is 32.6. The molecule has 0 radical (unpaired) electrons. The first kappa shape index (κ1) is 34.1. The summed E-state index contributed by atoms with van der Waals surface area (Å²) in [6.45, 7) is 9.33. The van der Waals surface area contributed by atoms with Gasteiger partial charge in [0.05, 0.1) is 42.0 Å². The molecule has 1 heterocycles. The Morgan fingerprint density at radius 2 is 1.77 bits per heavy atom. The van der Waals surface area contributed by atoms with Crippen molar-refractivity contribution in [3.05, 3.63) is 87.9 Å². The molecule has 0 aromatic heterocycles. The Kier molecular flexibility index (Phi) is 13.2. The lowest BCUT2D eigenvalue weighted by Crippen LogP contribution is -2.35. The van der Waals surface area contributed by atoms with Crippen LogP contribution in [0.3, 0.4) is 0 Å². The molecule has 0 spiro atoms. The standard InChI is InChI=1S/C34H42Cl2N2O6/c1-3-14-42-32-17-33(30(35)16-25(32)18-37-26(20-39)21-40)44-22-24-7-4-9-29(34(24)36)28-8-5-10-31(23(28)2)43-15-6-12-38-13-11-27(41)19-38/h3-5,7-10,16-17,26-27,37,39-41H,1,6,11-15,18-22H2,2H3/t27-/m1/s1. The zero-order valence-corrected chi connectivity index (χ0v) is 26.6. The van der Waals surface area contributed by atoms with Crippen LogP contribution in [-0.2, 0) is 13.2 Å². The fraction of sp³-hybridized carbons (Fsp3) is 0.412. The molecule has 4 rings (SSSR count). The number of hydrogen-bond donors (Lipinski definition) is 4. The van der Waals surface area contributed by atoms with E-state index in [4.69, 9.17) is 37.4 Å². The van der Waals surface area contributed by atoms with Crippen LogP contribution in [0.1, 0.15) is 29.5 Å². The summed E-state index contributed by atoms with van der Waals surface area (Å²) in [6.07, 6.45) is 3.16. The van der Waals surface area contributed by atoms with E-state index >= 15 is 0 Å². The molecule has 1 saturated heterocycles. The lowest BCUT2D eigenvalue weighted by atomic mass is 9.98. The Balaban J connectivity index is 1.45. The van der Waals surface area contributed by atoms with Gasteiger partial charge in [-0.25, -0.2) is 0 Å². The molecule has 0 unspecified atom stereocenters. The maximum atomic E-state index is 9.73. The maximum absolute atomic E-state index is 9.73. The Morgan fingerprint density at radius 3 is 2.50 bits per heavy atom. The van der Waals surface area contributed by atoms with Gasteiger partial charge in [0, 0.05) is 48.9 Å². The third kappa shape index (κ3) is 9.11. The Bertz CT molecular complexity index is 1380. The SMILES string of the molecule is C=CCOc1cc(OCc2cccc(-c3cccc(OCCCN4CC[C@@H](O)C4)c3C)c2Cl)c(Cl)cc1CNC(CO)CO. The van der Waals surface area contributed by atoms with E-state index in [2.05, 4.69) is 16.8 Å². The van der Waals surface area contributed by atoms with Crippen molar-refractivity contribution >= 4 is 23.2 Å². The summed E-state index contributed by atoms with van der Waals surface area (Å²) in [5.41, 5.74) is 4.42. The fourth-order valence-electron chi connectivity index (χ4n) is 5.15. The number of rotatable bonds is 17. The van der Waals surface area contributed by atoms with Gasteiger partial charge in [-0.2, -0.15) is 0 Å². The van der Waals surface area contributed by atoms with Crippen molar-refractivity contribution in [2.45, 2.75) is 45.1 Å². The average Bonchev–Trinajstić information content (AvgIpc) is 3.44. The molecule has 4 N–H and O–H groups in total. The van der Waals surface area contributed by atoms with Gasteiger partial charge in [-0.3, -0.25) is 0 Å². The summed E-state index contributed by atoms with van der Waals surface area (Å²) in [5.74, 6) is 1.81. The van der Waals surface area contributed by atoms with Crippen molar-refractivity contribution in [2.24, 2.45) is 0 Å². The molecule has 0 aliphatic carbocycles. The number of benzene rings is 3. The third-order valence-corrected chi connectivity index (χ3v) is 8.40. The molecule has 0 bridgehead atoms. The van der Waals surface area contributed by atoms with Crippen molar-refractivity contribution in [3.63, 3.8) is 0 Å². The van der Waals surface area contributed by atoms with E-state index in [1.807, 2.05) is 43.3 Å². The van der Waals surface area contributed by atoms with Gasteiger partial charge in [-0.05, 0) is 43.0 Å². The summed E-state index contributed by atoms with van der Waals surface area (Å²) >= 11 is 13.5. The summed E-state index contributed by atoms with van der Waals surface area (Å²) in [7, 11) is 0. The average molecular weight is 646 g/mol. The van der Waals surface area contributed by atoms with Crippen molar-refractivity contribution in [1.29, 1.82) is 0 Å². The van der Waals surface area contributed by atoms with Crippen LogP contribution >= 0.6 is 23.2 Å². The number of β-amino-alcohol motifs (C(OH)–C–C–N with tert-alkyl or cyclic N) is 1. The van der Waals surface area contributed by atoms with Gasteiger partial charge in [-0.15, -0.1) is 0 Å². The molecule has 1 aliphatic heterocycles. The molecule has 238 valence electrons. The molecular formula is C34H42Cl2N2O6. The predicted molar refractivity (Wildman–Crippen MR) is 175 cm³/mol. The summed E-state index contributed by atoms with van der Waals surface area (Å²) in [4.78, 5) is 2.27. The van der Waals surface area contributed by atoms with Crippen LogP contribution in [0, 0.1) is 6.92 Å². The van der Waals surface area contributed by atoms with Crippen molar-refractivity contribution in [1.82, 2.24) is 10.2 Å². The normalized spacial score (nSPS) is 15.1. The number of nitrogens with zero attached hydrogens (tertiary/aromatic N) is 1. The van der Waals surface area contributed by atoms with Crippen LogP contribution in [0.25, 0.3) is 11.1 Å². The highest BCUT2D eigenvalue weighted by molar-refractivity contribution is 6.34. The lowest BCUT2D eigenvalue weighted by Gasteiger charge is -2.19. The molecule has 1 fully saturated rings. The second-order valence-corrected chi connectivity index (χ2v) is 11.7. The maximum Gasteiger partial charge on any atom is 0.142 e. The minimum absolute atomic E-state index is 0.183. The minimum atomic E-state index is -0.460. The van der Waals surface area contributed by atoms with E-state index in [0.29, 0.717) is 34.7 Å². The number of halogens is 2. The number of nitrogens with one attached hydrogen (secondary N) is 1. The van der Waals surface area contributed by atoms with Crippen molar-refractivity contribution in [3.8, 4) is 28.4 Å². The fourth-order valence-corrected chi connectivity index (χ4v) is 5.68. The predicted octanol–water partition coefficient (Wildman–Crippen LogP) is 5.39. The molecule has 44 heavy (non-hydrogen) atoms. The molecular weight excluding hydrogens is 603 g/mol. The van der Waals surface area contributed by atoms with Crippen LogP contribution in [0.4, 0.5) is 0 Å². The quantitative estimate of drug-likeness (QED) is 0.115. The van der Waals surface area contributed by atoms with Crippen molar-refractivity contribution in [2.75, 3.05) is 46.1 Å². The zero-order chi connectivity index (χ0) is 31.5. The zero-order valence-electron chi connectivity index (χ0n) is 25.1. The van der Waals surface area contributed by atoms with E-state index in [-0.39, 0.29) is 32.5 Å². The number of aliphatic hydroxyl groups is 3. The van der Waals surface area contributed by atoms with Gasteiger partial charge in [0.15, 0.2) is 0 Å². The molecule has 8 nitrogen and oxygen atoms in total. The summed E-state index contributed by atoms with van der Waals surface area (Å²) < 4.78 is 18.1. The van der Waals surface area contributed by atoms with Crippen LogP contribution in [-0.4, -0.2) is 78.4 Å². The number of hydrogen-bond acceptors (Lipinski definition) is 8. The Labute approximate surface area is 269 Å². The highest BCUT2D eigenvalue weighted by Gasteiger charge is 2.20. The highest BCUT2D eigenvalue weighted by atomic mass is 35.5. The first-order chi connectivity index (χ1) is 21.3. The number of aliphatic hydroxyl groups excluding tert-OH is 3. The molecule has 0 saturated carbocycles. The van der Waals surface area contributed by atoms with E-state index in [9.17, 15) is 15.3 Å².